The van der Waals surface area contributed by atoms with E-state index in [2.05, 4.69) is 0 Å². The van der Waals surface area contributed by atoms with Gasteiger partial charge in [0.25, 0.3) is 0 Å². The van der Waals surface area contributed by atoms with Crippen molar-refractivity contribution in [1.82, 2.24) is 0 Å². The van der Waals surface area contributed by atoms with Gasteiger partial charge in [0, 0.05) is 10.6 Å². The molecule has 1 atom stereocenters. The second-order valence-corrected chi connectivity index (χ2v) is 5.20. The molecule has 94 valence electrons. The summed E-state index contributed by atoms with van der Waals surface area (Å²) in [6, 6.07) is 10.6. The number of alkyl halides is 1. The Hall–Kier alpha value is -1.05. The molecule has 0 bridgehead atoms. The molecule has 0 aliphatic carbocycles. The van der Waals surface area contributed by atoms with Gasteiger partial charge in [0.1, 0.15) is 5.82 Å². The molecule has 1 unspecified atom stereocenters. The van der Waals surface area contributed by atoms with Crippen LogP contribution in [0.4, 0.5) is 4.39 Å². The zero-order valence-corrected chi connectivity index (χ0v) is 11.7. The van der Waals surface area contributed by atoms with Crippen molar-refractivity contribution in [3.05, 3.63) is 69.5 Å². The van der Waals surface area contributed by atoms with Crippen molar-refractivity contribution in [3.63, 3.8) is 0 Å². The zero-order valence-electron chi connectivity index (χ0n) is 10.2. The van der Waals surface area contributed by atoms with E-state index >= 15 is 0 Å². The number of halogens is 3. The van der Waals surface area contributed by atoms with Crippen LogP contribution in [0.1, 0.15) is 27.6 Å². The topological polar surface area (TPSA) is 0 Å². The number of aryl methyl sites for hydroxylation is 2. The highest BCUT2D eigenvalue weighted by Crippen LogP contribution is 2.37. The molecule has 0 spiro atoms. The van der Waals surface area contributed by atoms with Crippen molar-refractivity contribution < 1.29 is 4.39 Å². The molecule has 0 nitrogen and oxygen atoms in total. The molecular formula is C15H13Cl2F. The van der Waals surface area contributed by atoms with Gasteiger partial charge in [0.2, 0.25) is 0 Å². The molecule has 0 aliphatic heterocycles. The zero-order chi connectivity index (χ0) is 13.3. The summed E-state index contributed by atoms with van der Waals surface area (Å²) in [4.78, 5) is 0. The molecule has 0 saturated carbocycles. The minimum atomic E-state index is -0.571. The largest absolute Gasteiger partial charge is 0.207 e. The van der Waals surface area contributed by atoms with Crippen LogP contribution in [0.15, 0.2) is 36.4 Å². The second kappa shape index (κ2) is 5.29. The Balaban J connectivity index is 2.54. The SMILES string of the molecule is Cc1ccc(C)c(C(Cl)c2c(F)cccc2Cl)c1. The maximum atomic E-state index is 13.8. The molecule has 0 heterocycles. The summed E-state index contributed by atoms with van der Waals surface area (Å²) in [5.74, 6) is -0.372. The third-order valence-corrected chi connectivity index (χ3v) is 3.74. The highest BCUT2D eigenvalue weighted by atomic mass is 35.5. The van der Waals surface area contributed by atoms with Crippen LogP contribution in [0.3, 0.4) is 0 Å². The average Bonchev–Trinajstić information content (AvgIpc) is 2.32. The van der Waals surface area contributed by atoms with E-state index < -0.39 is 5.38 Å². The van der Waals surface area contributed by atoms with E-state index in [1.807, 2.05) is 32.0 Å². The lowest BCUT2D eigenvalue weighted by Gasteiger charge is -2.16. The molecular weight excluding hydrogens is 270 g/mol. The molecule has 2 rings (SSSR count). The first-order valence-corrected chi connectivity index (χ1v) is 6.47. The first-order valence-electron chi connectivity index (χ1n) is 5.66. The standard InChI is InChI=1S/C15H13Cl2F/c1-9-6-7-10(2)11(8-9)15(17)14-12(16)4-3-5-13(14)18/h3-8,15H,1-2H3. The van der Waals surface area contributed by atoms with Crippen LogP contribution in [-0.4, -0.2) is 0 Å². The lowest BCUT2D eigenvalue weighted by atomic mass is 9.98. The van der Waals surface area contributed by atoms with Crippen LogP contribution in [-0.2, 0) is 0 Å². The Morgan fingerprint density at radius 1 is 1.11 bits per heavy atom. The van der Waals surface area contributed by atoms with Gasteiger partial charge in [-0.1, -0.05) is 41.4 Å². The van der Waals surface area contributed by atoms with Crippen LogP contribution >= 0.6 is 23.2 Å². The van der Waals surface area contributed by atoms with Gasteiger partial charge in [-0.15, -0.1) is 11.6 Å². The van der Waals surface area contributed by atoms with E-state index in [4.69, 9.17) is 23.2 Å². The molecule has 0 aliphatic rings. The summed E-state index contributed by atoms with van der Waals surface area (Å²) in [7, 11) is 0. The fraction of sp³-hybridized carbons (Fsp3) is 0.200. The minimum Gasteiger partial charge on any atom is -0.207 e. The van der Waals surface area contributed by atoms with Crippen molar-refractivity contribution in [1.29, 1.82) is 0 Å². The van der Waals surface area contributed by atoms with Gasteiger partial charge in [-0.25, -0.2) is 4.39 Å². The quantitative estimate of drug-likeness (QED) is 0.645. The Bertz CT molecular complexity index is 558. The van der Waals surface area contributed by atoms with E-state index in [-0.39, 0.29) is 5.82 Å². The molecule has 0 saturated heterocycles. The van der Waals surface area contributed by atoms with E-state index in [1.165, 1.54) is 6.07 Å². The molecule has 0 N–H and O–H groups in total. The molecule has 2 aromatic carbocycles. The Morgan fingerprint density at radius 3 is 2.50 bits per heavy atom. The average molecular weight is 283 g/mol. The second-order valence-electron chi connectivity index (χ2n) is 4.36. The highest BCUT2D eigenvalue weighted by molar-refractivity contribution is 6.33. The predicted molar refractivity (Wildman–Crippen MR) is 75.0 cm³/mol. The van der Waals surface area contributed by atoms with E-state index in [1.54, 1.807) is 12.1 Å². The first kappa shape index (κ1) is 13.4. The number of rotatable bonds is 2. The maximum absolute atomic E-state index is 13.8. The summed E-state index contributed by atoms with van der Waals surface area (Å²) in [5, 5.41) is -0.213. The minimum absolute atomic E-state index is 0.342. The fourth-order valence-corrected chi connectivity index (χ4v) is 2.73. The Labute approximate surface area is 116 Å². The van der Waals surface area contributed by atoms with Crippen molar-refractivity contribution >= 4 is 23.2 Å². The molecule has 3 heteroatoms. The van der Waals surface area contributed by atoms with Gasteiger partial charge in [-0.2, -0.15) is 0 Å². The molecule has 2 aromatic rings. The smallest absolute Gasteiger partial charge is 0.129 e. The third kappa shape index (κ3) is 2.52. The van der Waals surface area contributed by atoms with Gasteiger partial charge in [0.05, 0.1) is 5.38 Å². The summed E-state index contributed by atoms with van der Waals surface area (Å²) in [6.45, 7) is 3.94. The summed E-state index contributed by atoms with van der Waals surface area (Å²) in [5.41, 5.74) is 3.35. The number of benzene rings is 2. The Kier molecular flexibility index (Phi) is 3.94. The number of hydrogen-bond donors (Lipinski definition) is 0. The highest BCUT2D eigenvalue weighted by Gasteiger charge is 2.20. The van der Waals surface area contributed by atoms with Crippen LogP contribution < -0.4 is 0 Å². The van der Waals surface area contributed by atoms with Crippen LogP contribution in [0.25, 0.3) is 0 Å². The monoisotopic (exact) mass is 282 g/mol. The lowest BCUT2D eigenvalue weighted by Crippen LogP contribution is -2.01. The third-order valence-electron chi connectivity index (χ3n) is 2.96. The van der Waals surface area contributed by atoms with Gasteiger partial charge in [0.15, 0.2) is 0 Å². The van der Waals surface area contributed by atoms with Crippen LogP contribution in [0.5, 0.6) is 0 Å². The van der Waals surface area contributed by atoms with Crippen LogP contribution in [0, 0.1) is 19.7 Å². The molecule has 0 aromatic heterocycles. The van der Waals surface area contributed by atoms with E-state index in [9.17, 15) is 4.39 Å². The summed E-state index contributed by atoms with van der Waals surface area (Å²) in [6.07, 6.45) is 0. The fourth-order valence-electron chi connectivity index (χ4n) is 1.94. The van der Waals surface area contributed by atoms with E-state index in [0.29, 0.717) is 10.6 Å². The molecule has 18 heavy (non-hydrogen) atoms. The Morgan fingerprint density at radius 2 is 1.83 bits per heavy atom. The molecule has 0 amide bonds. The van der Waals surface area contributed by atoms with Crippen molar-refractivity contribution in [3.8, 4) is 0 Å². The van der Waals surface area contributed by atoms with Crippen molar-refractivity contribution in [2.45, 2.75) is 19.2 Å². The van der Waals surface area contributed by atoms with Gasteiger partial charge >= 0.3 is 0 Å². The summed E-state index contributed by atoms with van der Waals surface area (Å²) >= 11 is 12.4. The van der Waals surface area contributed by atoms with Crippen molar-refractivity contribution in [2.24, 2.45) is 0 Å². The van der Waals surface area contributed by atoms with Crippen molar-refractivity contribution in [2.75, 3.05) is 0 Å². The van der Waals surface area contributed by atoms with E-state index in [0.717, 1.165) is 16.7 Å². The maximum Gasteiger partial charge on any atom is 0.129 e. The van der Waals surface area contributed by atoms with Gasteiger partial charge in [-0.3, -0.25) is 0 Å². The lowest BCUT2D eigenvalue weighted by molar-refractivity contribution is 0.612. The van der Waals surface area contributed by atoms with Gasteiger partial charge in [-0.05, 0) is 37.1 Å². The number of hydrogen-bond acceptors (Lipinski definition) is 0. The molecule has 0 fully saturated rings. The normalized spacial score (nSPS) is 12.5. The first-order chi connectivity index (χ1) is 8.50. The summed E-state index contributed by atoms with van der Waals surface area (Å²) < 4.78 is 13.8. The van der Waals surface area contributed by atoms with Crippen LogP contribution in [0.2, 0.25) is 5.02 Å². The molecule has 0 radical (unpaired) electrons. The predicted octanol–water partition coefficient (Wildman–Crippen LogP) is 5.42. The van der Waals surface area contributed by atoms with Gasteiger partial charge < -0.3 is 0 Å².